The van der Waals surface area contributed by atoms with Gasteiger partial charge in [0.2, 0.25) is 0 Å². The number of rotatable bonds is 6. The third kappa shape index (κ3) is 5.07. The predicted octanol–water partition coefficient (Wildman–Crippen LogP) is 7.75. The molecule has 3 nitrogen and oxygen atoms in total. The van der Waals surface area contributed by atoms with Gasteiger partial charge in [-0.1, -0.05) is 60.1 Å². The van der Waals surface area contributed by atoms with Gasteiger partial charge in [-0.05, 0) is 86.5 Å². The second kappa shape index (κ2) is 10.1. The van der Waals surface area contributed by atoms with E-state index in [4.69, 9.17) is 21.1 Å². The number of ether oxygens (including phenoxy) is 2. The van der Waals surface area contributed by atoms with Crippen LogP contribution in [0.25, 0.3) is 22.4 Å². The zero-order valence-electron chi connectivity index (χ0n) is 17.3. The fourth-order valence-corrected chi connectivity index (χ4v) is 4.04. The quantitative estimate of drug-likeness (QED) is 0.140. The SMILES string of the molecule is COc1cc(/C=C(/C#N)c2ccc3ccccc3c2)cc(Cl)c1OCc1ccc(I)cc1. The molecule has 0 radical (unpaired) electrons. The number of methoxy groups -OCH3 is 1. The summed E-state index contributed by atoms with van der Waals surface area (Å²) in [4.78, 5) is 0. The summed E-state index contributed by atoms with van der Waals surface area (Å²) in [6.45, 7) is 0.378. The number of fused-ring (bicyclic) bond motifs is 1. The molecule has 0 saturated heterocycles. The second-order valence-electron chi connectivity index (χ2n) is 7.18. The molecule has 32 heavy (non-hydrogen) atoms. The van der Waals surface area contributed by atoms with Crippen LogP contribution in [0.4, 0.5) is 0 Å². The first-order valence-corrected chi connectivity index (χ1v) is 11.4. The van der Waals surface area contributed by atoms with E-state index < -0.39 is 0 Å². The van der Waals surface area contributed by atoms with E-state index in [1.807, 2.05) is 66.7 Å². The Balaban J connectivity index is 1.63. The molecular formula is C27H19ClINO2. The van der Waals surface area contributed by atoms with E-state index in [1.165, 1.54) is 0 Å². The summed E-state index contributed by atoms with van der Waals surface area (Å²) in [5.74, 6) is 0.999. The van der Waals surface area contributed by atoms with Crippen LogP contribution in [-0.4, -0.2) is 7.11 Å². The Morgan fingerprint density at radius 3 is 2.47 bits per heavy atom. The van der Waals surface area contributed by atoms with Crippen LogP contribution in [0.5, 0.6) is 11.5 Å². The molecule has 0 fully saturated rings. The van der Waals surface area contributed by atoms with Crippen molar-refractivity contribution in [2.75, 3.05) is 7.11 Å². The van der Waals surface area contributed by atoms with E-state index in [9.17, 15) is 5.26 Å². The van der Waals surface area contributed by atoms with E-state index in [0.717, 1.165) is 31.0 Å². The zero-order valence-corrected chi connectivity index (χ0v) is 20.2. The van der Waals surface area contributed by atoms with Crippen LogP contribution >= 0.6 is 34.2 Å². The van der Waals surface area contributed by atoms with Crippen LogP contribution in [0.15, 0.2) is 78.9 Å². The summed E-state index contributed by atoms with van der Waals surface area (Å²) < 4.78 is 12.7. The minimum absolute atomic E-state index is 0.378. The maximum atomic E-state index is 9.79. The van der Waals surface area contributed by atoms with E-state index >= 15 is 0 Å². The van der Waals surface area contributed by atoms with Crippen LogP contribution < -0.4 is 9.47 Å². The molecule has 0 spiro atoms. The van der Waals surface area contributed by atoms with E-state index in [1.54, 1.807) is 19.3 Å². The summed E-state index contributed by atoms with van der Waals surface area (Å²) in [6.07, 6.45) is 1.81. The fourth-order valence-electron chi connectivity index (χ4n) is 3.40. The minimum Gasteiger partial charge on any atom is -0.493 e. The standard InChI is InChI=1S/C27H19ClINO2/c1-31-26-14-19(13-25(28)27(26)32-17-18-6-10-24(29)11-7-18)12-23(16-30)22-9-8-20-4-2-3-5-21(20)15-22/h2-15H,17H2,1H3/b23-12-. The lowest BCUT2D eigenvalue weighted by atomic mass is 10.00. The molecule has 0 heterocycles. The van der Waals surface area contributed by atoms with Gasteiger partial charge in [-0.25, -0.2) is 0 Å². The summed E-state index contributed by atoms with van der Waals surface area (Å²) in [5, 5.41) is 12.4. The number of benzene rings is 4. The van der Waals surface area contributed by atoms with Crippen molar-refractivity contribution in [1.82, 2.24) is 0 Å². The molecule has 4 aromatic carbocycles. The highest BCUT2D eigenvalue weighted by Gasteiger charge is 2.13. The average molecular weight is 552 g/mol. The molecule has 0 aliphatic carbocycles. The lowest BCUT2D eigenvalue weighted by molar-refractivity contribution is 0.284. The van der Waals surface area contributed by atoms with Crippen molar-refractivity contribution in [2.45, 2.75) is 6.61 Å². The molecule has 0 aromatic heterocycles. The van der Waals surface area contributed by atoms with Crippen molar-refractivity contribution < 1.29 is 9.47 Å². The van der Waals surface area contributed by atoms with Gasteiger partial charge in [0.15, 0.2) is 11.5 Å². The molecule has 0 saturated carbocycles. The molecule has 0 aliphatic heterocycles. The highest BCUT2D eigenvalue weighted by molar-refractivity contribution is 14.1. The van der Waals surface area contributed by atoms with Crippen LogP contribution in [0.3, 0.4) is 0 Å². The van der Waals surface area contributed by atoms with Gasteiger partial charge in [0.05, 0.1) is 23.8 Å². The highest BCUT2D eigenvalue weighted by atomic mass is 127. The minimum atomic E-state index is 0.378. The average Bonchev–Trinajstić information content (AvgIpc) is 2.82. The molecule has 0 aliphatic rings. The summed E-state index contributed by atoms with van der Waals surface area (Å²) >= 11 is 8.80. The molecule has 5 heteroatoms. The summed E-state index contributed by atoms with van der Waals surface area (Å²) in [6, 6.07) is 28.1. The number of allylic oxidation sites excluding steroid dienone is 1. The van der Waals surface area contributed by atoms with E-state index in [0.29, 0.717) is 28.7 Å². The van der Waals surface area contributed by atoms with Gasteiger partial charge in [-0.3, -0.25) is 0 Å². The number of halogens is 2. The third-order valence-corrected chi connectivity index (χ3v) is 6.04. The Labute approximate surface area is 206 Å². The number of nitriles is 1. The zero-order chi connectivity index (χ0) is 22.5. The van der Waals surface area contributed by atoms with Gasteiger partial charge in [-0.15, -0.1) is 0 Å². The van der Waals surface area contributed by atoms with Gasteiger partial charge < -0.3 is 9.47 Å². The van der Waals surface area contributed by atoms with Crippen LogP contribution in [-0.2, 0) is 6.61 Å². The molecule has 0 bridgehead atoms. The van der Waals surface area contributed by atoms with Gasteiger partial charge in [0, 0.05) is 3.57 Å². The normalized spacial score (nSPS) is 11.2. The van der Waals surface area contributed by atoms with Crippen LogP contribution in [0.1, 0.15) is 16.7 Å². The van der Waals surface area contributed by atoms with Gasteiger partial charge in [0.1, 0.15) is 6.61 Å². The van der Waals surface area contributed by atoms with Crippen LogP contribution in [0.2, 0.25) is 5.02 Å². The van der Waals surface area contributed by atoms with Crippen LogP contribution in [0, 0.1) is 14.9 Å². The first kappa shape index (κ1) is 22.2. The van der Waals surface area contributed by atoms with Crippen molar-refractivity contribution in [3.05, 3.63) is 104 Å². The fraction of sp³-hybridized carbons (Fsp3) is 0.0741. The Bertz CT molecular complexity index is 1340. The van der Waals surface area contributed by atoms with E-state index in [-0.39, 0.29) is 0 Å². The second-order valence-corrected chi connectivity index (χ2v) is 8.83. The smallest absolute Gasteiger partial charge is 0.180 e. The maximum Gasteiger partial charge on any atom is 0.180 e. The van der Waals surface area contributed by atoms with Crippen molar-refractivity contribution in [2.24, 2.45) is 0 Å². The van der Waals surface area contributed by atoms with Gasteiger partial charge in [-0.2, -0.15) is 5.26 Å². The Kier molecular flexibility index (Phi) is 6.99. The van der Waals surface area contributed by atoms with Crippen molar-refractivity contribution in [1.29, 1.82) is 5.26 Å². The maximum absolute atomic E-state index is 9.79. The molecule has 0 atom stereocenters. The number of hydrogen-bond donors (Lipinski definition) is 0. The topological polar surface area (TPSA) is 42.2 Å². The summed E-state index contributed by atoms with van der Waals surface area (Å²) in [7, 11) is 1.57. The Morgan fingerprint density at radius 2 is 1.75 bits per heavy atom. The third-order valence-electron chi connectivity index (χ3n) is 5.04. The molecule has 4 aromatic rings. The molecular weight excluding hydrogens is 533 g/mol. The predicted molar refractivity (Wildman–Crippen MR) is 139 cm³/mol. The molecule has 4 rings (SSSR count). The van der Waals surface area contributed by atoms with Crippen molar-refractivity contribution >= 4 is 56.6 Å². The monoisotopic (exact) mass is 551 g/mol. The lowest BCUT2D eigenvalue weighted by Crippen LogP contribution is -1.99. The van der Waals surface area contributed by atoms with E-state index in [2.05, 4.69) is 34.7 Å². The summed E-state index contributed by atoms with van der Waals surface area (Å²) in [5.41, 5.74) is 3.19. The Hall–Kier alpha value is -3.01. The first-order valence-electron chi connectivity index (χ1n) is 9.93. The lowest BCUT2D eigenvalue weighted by Gasteiger charge is -2.14. The van der Waals surface area contributed by atoms with Gasteiger partial charge in [0.25, 0.3) is 0 Å². The van der Waals surface area contributed by atoms with Gasteiger partial charge >= 0.3 is 0 Å². The molecule has 0 N–H and O–H groups in total. The highest BCUT2D eigenvalue weighted by Crippen LogP contribution is 2.38. The largest absolute Gasteiger partial charge is 0.493 e. The number of hydrogen-bond acceptors (Lipinski definition) is 3. The molecule has 158 valence electrons. The molecule has 0 unspecified atom stereocenters. The molecule has 0 amide bonds. The Morgan fingerprint density at radius 1 is 1.00 bits per heavy atom. The first-order chi connectivity index (χ1) is 15.6. The van der Waals surface area contributed by atoms with Crippen molar-refractivity contribution in [3.63, 3.8) is 0 Å². The van der Waals surface area contributed by atoms with Crippen molar-refractivity contribution in [3.8, 4) is 17.6 Å². The number of nitrogens with zero attached hydrogens (tertiary/aromatic N) is 1.